The van der Waals surface area contributed by atoms with Gasteiger partial charge in [0.05, 0.1) is 27.7 Å². The lowest BCUT2D eigenvalue weighted by molar-refractivity contribution is -0.101. The number of nitrogens with zero attached hydrogens (tertiary/aromatic N) is 2. The second kappa shape index (κ2) is 6.97. The van der Waals surface area contributed by atoms with Crippen LogP contribution in [-0.4, -0.2) is 58.7 Å². The van der Waals surface area contributed by atoms with Crippen LogP contribution in [0.25, 0.3) is 10.9 Å². The van der Waals surface area contributed by atoms with Gasteiger partial charge in [0.2, 0.25) is 5.92 Å². The highest BCUT2D eigenvalue weighted by Gasteiger charge is 2.42. The minimum Gasteiger partial charge on any atom is -0.388 e. The molecule has 5 nitrogen and oxygen atoms in total. The van der Waals surface area contributed by atoms with E-state index < -0.39 is 11.5 Å². The molecule has 0 atom stereocenters. The summed E-state index contributed by atoms with van der Waals surface area (Å²) in [6, 6.07) is 5.81. The van der Waals surface area contributed by atoms with Gasteiger partial charge in [-0.1, -0.05) is 17.7 Å². The van der Waals surface area contributed by atoms with Crippen LogP contribution in [0.1, 0.15) is 42.1 Å². The molecule has 0 bridgehead atoms. The van der Waals surface area contributed by atoms with Crippen molar-refractivity contribution in [1.29, 1.82) is 0 Å². The normalized spacial score (nSPS) is 22.2. The van der Waals surface area contributed by atoms with Crippen LogP contribution in [0.4, 0.5) is 8.78 Å². The van der Waals surface area contributed by atoms with Gasteiger partial charge >= 0.3 is 0 Å². The zero-order valence-corrected chi connectivity index (χ0v) is 16.5. The first-order valence-electron chi connectivity index (χ1n) is 9.53. The van der Waals surface area contributed by atoms with E-state index in [0.29, 0.717) is 16.0 Å². The first kappa shape index (κ1) is 19.6. The standard InChI is InChI=1S/C20H24ClF2N3O2/c1-25-9-13(10-25)26-11-14(17-15(21)3-2-4-16(17)26)18(27)24-12-19(28)5-7-20(22,23)8-6-19/h2-4,11,13,28H,5-10,12H2,1H3,(H,24,27). The molecule has 2 fully saturated rings. The van der Waals surface area contributed by atoms with Crippen LogP contribution >= 0.6 is 11.6 Å². The van der Waals surface area contributed by atoms with Crippen molar-refractivity contribution < 1.29 is 18.7 Å². The maximum absolute atomic E-state index is 13.4. The van der Waals surface area contributed by atoms with Crippen LogP contribution in [-0.2, 0) is 0 Å². The summed E-state index contributed by atoms with van der Waals surface area (Å²) in [4.78, 5) is 15.1. The Morgan fingerprint density at radius 2 is 1.96 bits per heavy atom. The number of aliphatic hydroxyl groups is 1. The number of rotatable bonds is 4. The van der Waals surface area contributed by atoms with Crippen molar-refractivity contribution in [2.24, 2.45) is 0 Å². The lowest BCUT2D eigenvalue weighted by Gasteiger charge is -2.37. The van der Waals surface area contributed by atoms with Gasteiger partial charge in [0.25, 0.3) is 5.91 Å². The number of alkyl halides is 2. The summed E-state index contributed by atoms with van der Waals surface area (Å²) in [6.07, 6.45) is 1.02. The molecule has 1 aliphatic heterocycles. The van der Waals surface area contributed by atoms with Crippen molar-refractivity contribution in [2.75, 3.05) is 26.7 Å². The van der Waals surface area contributed by atoms with E-state index in [4.69, 9.17) is 11.6 Å². The van der Waals surface area contributed by atoms with Crippen LogP contribution < -0.4 is 5.32 Å². The highest BCUT2D eigenvalue weighted by molar-refractivity contribution is 6.36. The van der Waals surface area contributed by atoms with E-state index in [-0.39, 0.29) is 44.2 Å². The molecule has 8 heteroatoms. The number of halogens is 3. The minimum atomic E-state index is -2.73. The SMILES string of the molecule is CN1CC(n2cc(C(=O)NCC3(O)CCC(F)(F)CC3)c3c(Cl)cccc32)C1. The molecule has 152 valence electrons. The average molecular weight is 412 g/mol. The van der Waals surface area contributed by atoms with Crippen LogP contribution in [0.3, 0.4) is 0 Å². The zero-order valence-electron chi connectivity index (χ0n) is 15.7. The Balaban J connectivity index is 1.54. The second-order valence-corrected chi connectivity index (χ2v) is 8.63. The Kier molecular flexibility index (Phi) is 4.88. The Morgan fingerprint density at radius 3 is 2.61 bits per heavy atom. The third-order valence-electron chi connectivity index (χ3n) is 5.98. The fourth-order valence-corrected chi connectivity index (χ4v) is 4.45. The summed E-state index contributed by atoms with van der Waals surface area (Å²) < 4.78 is 28.8. The van der Waals surface area contributed by atoms with E-state index in [1.54, 1.807) is 6.07 Å². The van der Waals surface area contributed by atoms with Crippen molar-refractivity contribution in [3.63, 3.8) is 0 Å². The minimum absolute atomic E-state index is 0.0306. The number of benzene rings is 1. The summed E-state index contributed by atoms with van der Waals surface area (Å²) in [6.45, 7) is 1.74. The molecule has 0 spiro atoms. The summed E-state index contributed by atoms with van der Waals surface area (Å²) in [7, 11) is 2.04. The summed E-state index contributed by atoms with van der Waals surface area (Å²) in [5, 5.41) is 14.5. The molecule has 1 aromatic heterocycles. The number of fused-ring (bicyclic) bond motifs is 1. The lowest BCUT2D eigenvalue weighted by Crippen LogP contribution is -2.47. The van der Waals surface area contributed by atoms with E-state index in [1.807, 2.05) is 25.4 Å². The fourth-order valence-electron chi connectivity index (χ4n) is 4.18. The highest BCUT2D eigenvalue weighted by atomic mass is 35.5. The molecule has 0 radical (unpaired) electrons. The van der Waals surface area contributed by atoms with Crippen LogP contribution in [0.15, 0.2) is 24.4 Å². The predicted octanol–water partition coefficient (Wildman–Crippen LogP) is 3.45. The number of likely N-dealkylation sites (N-methyl/N-ethyl adjacent to an activating group) is 1. The van der Waals surface area contributed by atoms with E-state index in [9.17, 15) is 18.7 Å². The van der Waals surface area contributed by atoms with E-state index in [1.165, 1.54) is 0 Å². The molecule has 2 aliphatic rings. The Hall–Kier alpha value is -1.70. The molecule has 1 saturated carbocycles. The van der Waals surface area contributed by atoms with Crippen molar-refractivity contribution >= 4 is 28.4 Å². The third-order valence-corrected chi connectivity index (χ3v) is 6.30. The van der Waals surface area contributed by atoms with Gasteiger partial charge in [0, 0.05) is 44.1 Å². The molecule has 1 amide bonds. The quantitative estimate of drug-likeness (QED) is 0.810. The molecule has 0 unspecified atom stereocenters. The number of aromatic nitrogens is 1. The van der Waals surface area contributed by atoms with Gasteiger partial charge in [-0.2, -0.15) is 0 Å². The largest absolute Gasteiger partial charge is 0.388 e. The monoisotopic (exact) mass is 411 g/mol. The Bertz CT molecular complexity index is 898. The van der Waals surface area contributed by atoms with Gasteiger partial charge in [-0.05, 0) is 32.0 Å². The van der Waals surface area contributed by atoms with E-state index in [0.717, 1.165) is 18.6 Å². The third kappa shape index (κ3) is 3.63. The van der Waals surface area contributed by atoms with Crippen molar-refractivity contribution in [1.82, 2.24) is 14.8 Å². The Labute approximate surface area is 167 Å². The number of carbonyl (C=O) groups excluding carboxylic acids is 1. The van der Waals surface area contributed by atoms with Gasteiger partial charge in [0.15, 0.2) is 0 Å². The molecule has 1 saturated heterocycles. The van der Waals surface area contributed by atoms with Crippen molar-refractivity contribution in [2.45, 2.75) is 43.2 Å². The molecular weight excluding hydrogens is 388 g/mol. The summed E-state index contributed by atoms with van der Waals surface area (Å²) in [5.41, 5.74) is 0.0441. The molecule has 2 heterocycles. The highest BCUT2D eigenvalue weighted by Crippen LogP contribution is 2.38. The van der Waals surface area contributed by atoms with Crippen molar-refractivity contribution in [3.8, 4) is 0 Å². The lowest BCUT2D eigenvalue weighted by atomic mass is 9.82. The average Bonchev–Trinajstić information content (AvgIpc) is 3.01. The van der Waals surface area contributed by atoms with E-state index >= 15 is 0 Å². The maximum Gasteiger partial charge on any atom is 0.253 e. The van der Waals surface area contributed by atoms with Crippen molar-refractivity contribution in [3.05, 3.63) is 35.0 Å². The number of nitrogens with one attached hydrogen (secondary N) is 1. The fraction of sp³-hybridized carbons (Fsp3) is 0.550. The number of amides is 1. The molecule has 2 N–H and O–H groups in total. The summed E-state index contributed by atoms with van der Waals surface area (Å²) in [5.74, 6) is -3.08. The first-order chi connectivity index (χ1) is 13.2. The molecule has 1 aliphatic carbocycles. The van der Waals surface area contributed by atoms with Crippen LogP contribution in [0.2, 0.25) is 5.02 Å². The molecule has 28 heavy (non-hydrogen) atoms. The number of carbonyl (C=O) groups is 1. The van der Waals surface area contributed by atoms with Gasteiger partial charge in [-0.3, -0.25) is 4.79 Å². The number of hydrogen-bond donors (Lipinski definition) is 2. The molecule has 2 aromatic rings. The number of hydrogen-bond acceptors (Lipinski definition) is 3. The first-order valence-corrected chi connectivity index (χ1v) is 9.91. The van der Waals surface area contributed by atoms with Gasteiger partial charge in [0.1, 0.15) is 0 Å². The molecule has 1 aromatic carbocycles. The Morgan fingerprint density at radius 1 is 1.29 bits per heavy atom. The zero-order chi connectivity index (χ0) is 20.1. The molecular formula is C20H24ClF2N3O2. The van der Waals surface area contributed by atoms with Crippen LogP contribution in [0, 0.1) is 0 Å². The molecule has 4 rings (SSSR count). The van der Waals surface area contributed by atoms with Gasteiger partial charge < -0.3 is 19.9 Å². The number of likely N-dealkylation sites (tertiary alicyclic amines) is 1. The van der Waals surface area contributed by atoms with E-state index in [2.05, 4.69) is 14.8 Å². The topological polar surface area (TPSA) is 57.5 Å². The second-order valence-electron chi connectivity index (χ2n) is 8.22. The van der Waals surface area contributed by atoms with Gasteiger partial charge in [-0.25, -0.2) is 8.78 Å². The maximum atomic E-state index is 13.4. The van der Waals surface area contributed by atoms with Gasteiger partial charge in [-0.15, -0.1) is 0 Å². The summed E-state index contributed by atoms with van der Waals surface area (Å²) >= 11 is 6.39. The predicted molar refractivity (Wildman–Crippen MR) is 104 cm³/mol. The van der Waals surface area contributed by atoms with Crippen LogP contribution in [0.5, 0.6) is 0 Å². The smallest absolute Gasteiger partial charge is 0.253 e.